The maximum Gasteiger partial charge on any atom is 0.276 e. The van der Waals surface area contributed by atoms with Crippen LogP contribution in [0.15, 0.2) is 6.20 Å². The molecule has 6 nitrogen and oxygen atoms in total. The van der Waals surface area contributed by atoms with Gasteiger partial charge in [0.1, 0.15) is 0 Å². The third-order valence-corrected chi connectivity index (χ3v) is 2.94. The Morgan fingerprint density at radius 2 is 2.53 bits per heavy atom. The first-order chi connectivity index (χ1) is 7.18. The number of H-pyrrole nitrogens is 1. The van der Waals surface area contributed by atoms with Crippen LogP contribution in [0, 0.1) is 5.92 Å². The number of aromatic amines is 1. The molecule has 82 valence electrons. The van der Waals surface area contributed by atoms with Gasteiger partial charge in [-0.2, -0.15) is 15.4 Å². The molecule has 0 radical (unpaired) electrons. The molecule has 1 aliphatic heterocycles. The zero-order valence-electron chi connectivity index (χ0n) is 8.68. The average molecular weight is 209 g/mol. The molecule has 2 atom stereocenters. The highest BCUT2D eigenvalue weighted by Crippen LogP contribution is 2.16. The van der Waals surface area contributed by atoms with E-state index in [1.54, 1.807) is 4.90 Å². The zero-order chi connectivity index (χ0) is 10.8. The number of nitrogens with one attached hydrogen (secondary N) is 1. The van der Waals surface area contributed by atoms with E-state index < -0.39 is 0 Å². The summed E-state index contributed by atoms with van der Waals surface area (Å²) in [7, 11) is 0. The molecule has 2 heterocycles. The van der Waals surface area contributed by atoms with Gasteiger partial charge in [0.05, 0.1) is 6.20 Å². The van der Waals surface area contributed by atoms with Crippen molar-refractivity contribution < 1.29 is 4.79 Å². The van der Waals surface area contributed by atoms with Crippen molar-refractivity contribution in [3.8, 4) is 0 Å². The number of carbonyl (C=O) groups is 1. The summed E-state index contributed by atoms with van der Waals surface area (Å²) in [5.74, 6) is 0.387. The first-order valence-electron chi connectivity index (χ1n) is 5.09. The molecule has 15 heavy (non-hydrogen) atoms. The van der Waals surface area contributed by atoms with Crippen LogP contribution in [-0.2, 0) is 0 Å². The smallest absolute Gasteiger partial charge is 0.276 e. The Hall–Kier alpha value is -1.43. The van der Waals surface area contributed by atoms with Crippen LogP contribution in [0.3, 0.4) is 0 Å². The number of likely N-dealkylation sites (tertiary alicyclic amines) is 1. The lowest BCUT2D eigenvalue weighted by molar-refractivity contribution is 0.0666. The van der Waals surface area contributed by atoms with E-state index in [1.165, 1.54) is 6.20 Å². The van der Waals surface area contributed by atoms with Crippen LogP contribution in [-0.4, -0.2) is 45.3 Å². The summed E-state index contributed by atoms with van der Waals surface area (Å²) in [4.78, 5) is 13.6. The highest BCUT2D eigenvalue weighted by atomic mass is 16.2. The molecule has 1 saturated heterocycles. The van der Waals surface area contributed by atoms with Gasteiger partial charge >= 0.3 is 0 Å². The summed E-state index contributed by atoms with van der Waals surface area (Å²) in [6.07, 6.45) is 2.39. The van der Waals surface area contributed by atoms with Crippen molar-refractivity contribution in [3.63, 3.8) is 0 Å². The van der Waals surface area contributed by atoms with E-state index in [9.17, 15) is 4.79 Å². The van der Waals surface area contributed by atoms with Crippen LogP contribution < -0.4 is 5.73 Å². The standard InChI is InChI=1S/C9H15N5O/c1-6-2-3-14(5-7(6)10)9(15)8-4-11-13-12-8/h4,6-7H,2-3,5,10H2,1H3,(H,11,12,13). The number of rotatable bonds is 1. The van der Waals surface area contributed by atoms with Gasteiger partial charge in [-0.15, -0.1) is 0 Å². The molecular formula is C9H15N5O. The van der Waals surface area contributed by atoms with E-state index >= 15 is 0 Å². The van der Waals surface area contributed by atoms with Gasteiger partial charge in [0.2, 0.25) is 0 Å². The molecule has 3 N–H and O–H groups in total. The number of amides is 1. The molecule has 0 aromatic carbocycles. The molecule has 0 aliphatic carbocycles. The van der Waals surface area contributed by atoms with Crippen LogP contribution in [0.25, 0.3) is 0 Å². The molecular weight excluding hydrogens is 194 g/mol. The molecule has 2 rings (SSSR count). The second-order valence-electron chi connectivity index (χ2n) is 4.04. The summed E-state index contributed by atoms with van der Waals surface area (Å²) in [5, 5.41) is 9.82. The molecule has 0 spiro atoms. The molecule has 0 saturated carbocycles. The van der Waals surface area contributed by atoms with E-state index in [0.29, 0.717) is 18.2 Å². The molecule has 1 fully saturated rings. The number of hydrogen-bond acceptors (Lipinski definition) is 4. The van der Waals surface area contributed by atoms with Gasteiger partial charge in [0.25, 0.3) is 5.91 Å². The minimum atomic E-state index is -0.0916. The average Bonchev–Trinajstić information content (AvgIpc) is 2.74. The summed E-state index contributed by atoms with van der Waals surface area (Å²) >= 11 is 0. The minimum absolute atomic E-state index is 0.0644. The molecule has 1 aromatic heterocycles. The molecule has 6 heteroatoms. The fourth-order valence-electron chi connectivity index (χ4n) is 1.75. The third kappa shape index (κ3) is 1.99. The number of hydrogen-bond donors (Lipinski definition) is 2. The summed E-state index contributed by atoms with van der Waals surface area (Å²) in [6.45, 7) is 3.47. The lowest BCUT2D eigenvalue weighted by Crippen LogP contribution is -2.49. The van der Waals surface area contributed by atoms with Crippen molar-refractivity contribution in [1.29, 1.82) is 0 Å². The van der Waals surface area contributed by atoms with Crippen LogP contribution >= 0.6 is 0 Å². The normalized spacial score (nSPS) is 26.7. The van der Waals surface area contributed by atoms with E-state index in [0.717, 1.165) is 13.0 Å². The van der Waals surface area contributed by atoms with Crippen molar-refractivity contribution in [2.45, 2.75) is 19.4 Å². The van der Waals surface area contributed by atoms with Crippen LogP contribution in [0.2, 0.25) is 0 Å². The summed E-state index contributed by atoms with van der Waals surface area (Å²) < 4.78 is 0. The van der Waals surface area contributed by atoms with Gasteiger partial charge in [0, 0.05) is 19.1 Å². The molecule has 1 aliphatic rings. The Labute approximate surface area is 87.8 Å². The minimum Gasteiger partial charge on any atom is -0.336 e. The highest BCUT2D eigenvalue weighted by molar-refractivity contribution is 5.91. The van der Waals surface area contributed by atoms with Crippen LogP contribution in [0.4, 0.5) is 0 Å². The summed E-state index contributed by atoms with van der Waals surface area (Å²) in [6, 6.07) is 0.0644. The van der Waals surface area contributed by atoms with Crippen LogP contribution in [0.5, 0.6) is 0 Å². The Morgan fingerprint density at radius 1 is 1.73 bits per heavy atom. The predicted molar refractivity (Wildman–Crippen MR) is 54.0 cm³/mol. The van der Waals surface area contributed by atoms with E-state index in [1.807, 2.05) is 0 Å². The van der Waals surface area contributed by atoms with Crippen molar-refractivity contribution in [3.05, 3.63) is 11.9 Å². The first-order valence-corrected chi connectivity index (χ1v) is 5.09. The van der Waals surface area contributed by atoms with Gasteiger partial charge < -0.3 is 10.6 Å². The van der Waals surface area contributed by atoms with Crippen molar-refractivity contribution in [1.82, 2.24) is 20.3 Å². The largest absolute Gasteiger partial charge is 0.336 e. The Kier molecular flexibility index (Phi) is 2.68. The lowest BCUT2D eigenvalue weighted by atomic mass is 9.94. The fraction of sp³-hybridized carbons (Fsp3) is 0.667. The number of carbonyl (C=O) groups excluding carboxylic acids is 1. The van der Waals surface area contributed by atoms with Crippen molar-refractivity contribution in [2.75, 3.05) is 13.1 Å². The fourth-order valence-corrected chi connectivity index (χ4v) is 1.75. The second-order valence-corrected chi connectivity index (χ2v) is 4.04. The number of piperidine rings is 1. The van der Waals surface area contributed by atoms with Crippen molar-refractivity contribution in [2.24, 2.45) is 11.7 Å². The highest BCUT2D eigenvalue weighted by Gasteiger charge is 2.27. The number of nitrogens with zero attached hydrogens (tertiary/aromatic N) is 3. The van der Waals surface area contributed by atoms with Crippen LogP contribution in [0.1, 0.15) is 23.8 Å². The van der Waals surface area contributed by atoms with Crippen molar-refractivity contribution >= 4 is 5.91 Å². The van der Waals surface area contributed by atoms with Gasteiger partial charge in [-0.3, -0.25) is 4.79 Å². The van der Waals surface area contributed by atoms with Gasteiger partial charge in [-0.05, 0) is 12.3 Å². The second kappa shape index (κ2) is 3.98. The van der Waals surface area contributed by atoms with E-state index in [2.05, 4.69) is 22.3 Å². The third-order valence-electron chi connectivity index (χ3n) is 2.94. The zero-order valence-corrected chi connectivity index (χ0v) is 8.68. The first kappa shape index (κ1) is 10.1. The number of nitrogens with two attached hydrogens (primary N) is 1. The number of aromatic nitrogens is 3. The topological polar surface area (TPSA) is 87.9 Å². The quantitative estimate of drug-likeness (QED) is 0.659. The molecule has 1 amide bonds. The van der Waals surface area contributed by atoms with E-state index in [4.69, 9.17) is 5.73 Å². The van der Waals surface area contributed by atoms with Gasteiger partial charge in [-0.25, -0.2) is 0 Å². The maximum absolute atomic E-state index is 11.9. The molecule has 0 bridgehead atoms. The summed E-state index contributed by atoms with van der Waals surface area (Å²) in [5.41, 5.74) is 6.28. The monoisotopic (exact) mass is 209 g/mol. The Morgan fingerprint density at radius 3 is 3.13 bits per heavy atom. The van der Waals surface area contributed by atoms with Gasteiger partial charge in [-0.1, -0.05) is 6.92 Å². The molecule has 1 aromatic rings. The molecule has 2 unspecified atom stereocenters. The predicted octanol–water partition coefficient (Wildman–Crippen LogP) is -0.386. The van der Waals surface area contributed by atoms with Gasteiger partial charge in [0.15, 0.2) is 5.69 Å². The Balaban J connectivity index is 2.03. The Bertz CT molecular complexity index is 336. The SMILES string of the molecule is CC1CCN(C(=O)c2cn[nH]n2)CC1N. The maximum atomic E-state index is 11.9. The lowest BCUT2D eigenvalue weighted by Gasteiger charge is -2.34. The van der Waals surface area contributed by atoms with E-state index in [-0.39, 0.29) is 11.9 Å².